The minimum atomic E-state index is -0.674. The van der Waals surface area contributed by atoms with Gasteiger partial charge >= 0.3 is 0 Å². The maximum Gasteiger partial charge on any atom is 0.250 e. The van der Waals surface area contributed by atoms with E-state index in [2.05, 4.69) is 83.6 Å². The number of allylic oxidation sites excluding steroid dienone is 11. The summed E-state index contributed by atoms with van der Waals surface area (Å²) < 4.78 is 10.8. The second-order valence-corrected chi connectivity index (χ2v) is 14.3. The first-order chi connectivity index (χ1) is 22.8. The molecule has 0 saturated carbocycles. The molecule has 0 unspecified atom stereocenters. The summed E-state index contributed by atoms with van der Waals surface area (Å²) in [5.41, 5.74) is -0.490. The van der Waals surface area contributed by atoms with Gasteiger partial charge in [0.2, 0.25) is 11.8 Å². The molecule has 0 fully saturated rings. The summed E-state index contributed by atoms with van der Waals surface area (Å²) in [7, 11) is 3.31. The molecule has 8 nitrogen and oxygen atoms in total. The van der Waals surface area contributed by atoms with Crippen molar-refractivity contribution in [3.05, 3.63) is 72.9 Å². The first kappa shape index (κ1) is 45.2. The van der Waals surface area contributed by atoms with Gasteiger partial charge in [-0.2, -0.15) is 0 Å². The Morgan fingerprint density at radius 1 is 0.681 bits per heavy atom. The van der Waals surface area contributed by atoms with Crippen LogP contribution in [-0.4, -0.2) is 68.2 Å². The standard InChI is InChI=1S/C36H58IN3O5S2/c1-5-7-8-9-10-11-12-13-14-15-16-17-18-19-20-21-22-23-24-32(41)38-27-29-46-47-30-28-39-33(42)25-26-40-35(43)34(45-37)36(3,4)31-44-6-2/h7-8,10-11,13-14,16-17,19-20,22-23,34H,5-6,9,12,15,18,21,24-31H2,1-4H3,(H,38,41)(H,39,42)(H,40,43)/b8-7-,11-10-,14-13-,17-16-,20-19-,23-22-/t34-/m0/s1. The molecule has 0 aromatic carbocycles. The van der Waals surface area contributed by atoms with Crippen LogP contribution >= 0.6 is 44.6 Å². The van der Waals surface area contributed by atoms with E-state index in [0.717, 1.165) is 50.0 Å². The number of rotatable bonds is 29. The fourth-order valence-electron chi connectivity index (χ4n) is 3.80. The van der Waals surface area contributed by atoms with E-state index >= 15 is 0 Å². The van der Waals surface area contributed by atoms with Crippen molar-refractivity contribution in [2.24, 2.45) is 5.41 Å². The molecule has 0 heterocycles. The van der Waals surface area contributed by atoms with Crippen molar-refractivity contribution in [3.8, 4) is 0 Å². The molecule has 0 radical (unpaired) electrons. The third-order valence-corrected chi connectivity index (χ3v) is 9.28. The lowest BCUT2D eigenvalue weighted by molar-refractivity contribution is -0.133. The highest BCUT2D eigenvalue weighted by Crippen LogP contribution is 2.26. The Kier molecular flexibility index (Phi) is 31.5. The van der Waals surface area contributed by atoms with E-state index in [0.29, 0.717) is 32.7 Å². The normalized spacial score (nSPS) is 13.2. The van der Waals surface area contributed by atoms with Gasteiger partial charge in [0.1, 0.15) is 23.0 Å². The maximum absolute atomic E-state index is 12.5. The molecular formula is C36H58IN3O5S2. The smallest absolute Gasteiger partial charge is 0.250 e. The van der Waals surface area contributed by atoms with Crippen molar-refractivity contribution in [2.45, 2.75) is 85.2 Å². The Balaban J connectivity index is 3.74. The summed E-state index contributed by atoms with van der Waals surface area (Å²) in [6, 6.07) is 0. The Labute approximate surface area is 306 Å². The van der Waals surface area contributed by atoms with Crippen LogP contribution in [-0.2, 0) is 22.2 Å². The molecule has 1 atom stereocenters. The number of nitrogens with one attached hydrogen (secondary N) is 3. The Hall–Kier alpha value is -1.80. The molecule has 0 aliphatic heterocycles. The highest BCUT2D eigenvalue weighted by molar-refractivity contribution is 14.1. The summed E-state index contributed by atoms with van der Waals surface area (Å²) in [5.74, 6) is 1.20. The largest absolute Gasteiger partial charge is 0.381 e. The van der Waals surface area contributed by atoms with Crippen molar-refractivity contribution >= 4 is 62.3 Å². The first-order valence-electron chi connectivity index (χ1n) is 16.6. The molecule has 0 aliphatic carbocycles. The van der Waals surface area contributed by atoms with Crippen LogP contribution in [0.25, 0.3) is 0 Å². The zero-order valence-corrected chi connectivity index (χ0v) is 32.6. The average Bonchev–Trinajstić information content (AvgIpc) is 3.04. The SMILES string of the molecule is CC/C=C\C/C=C\C/C=C\C/C=C\C/C=C\C/C=C\CC(=O)NCCSSCCNC(=O)CCNC(=O)[C@H](OI)C(C)(C)COCC. The number of hydrogen-bond donors (Lipinski definition) is 3. The van der Waals surface area contributed by atoms with Crippen LogP contribution in [0, 0.1) is 5.41 Å². The fourth-order valence-corrected chi connectivity index (χ4v) is 6.54. The van der Waals surface area contributed by atoms with Gasteiger partial charge in [0.15, 0.2) is 6.10 Å². The monoisotopic (exact) mass is 803 g/mol. The minimum absolute atomic E-state index is 0.0178. The molecule has 47 heavy (non-hydrogen) atoms. The lowest BCUT2D eigenvalue weighted by atomic mass is 9.87. The lowest BCUT2D eigenvalue weighted by Crippen LogP contribution is -2.47. The third kappa shape index (κ3) is 28.9. The van der Waals surface area contributed by atoms with Crippen LogP contribution in [0.4, 0.5) is 0 Å². The Bertz CT molecular complexity index is 1010. The second-order valence-electron chi connectivity index (χ2n) is 11.1. The molecule has 0 saturated heterocycles. The molecule has 266 valence electrons. The van der Waals surface area contributed by atoms with Crippen LogP contribution in [0.15, 0.2) is 72.9 Å². The van der Waals surface area contributed by atoms with Crippen LogP contribution in [0.5, 0.6) is 0 Å². The predicted molar refractivity (Wildman–Crippen MR) is 211 cm³/mol. The summed E-state index contributed by atoms with van der Waals surface area (Å²) >= 11 is 1.73. The molecule has 11 heteroatoms. The number of ether oxygens (including phenoxy) is 1. The zero-order valence-electron chi connectivity index (χ0n) is 28.8. The quantitative estimate of drug-likeness (QED) is 0.0305. The molecule has 0 rings (SSSR count). The summed E-state index contributed by atoms with van der Waals surface area (Å²) in [6.07, 6.45) is 31.4. The summed E-state index contributed by atoms with van der Waals surface area (Å²) in [5, 5.41) is 8.57. The average molecular weight is 804 g/mol. The number of carbonyl (C=O) groups is 3. The third-order valence-electron chi connectivity index (χ3n) is 6.36. The van der Waals surface area contributed by atoms with Gasteiger partial charge in [0.25, 0.3) is 5.91 Å². The van der Waals surface area contributed by atoms with E-state index in [1.54, 1.807) is 44.6 Å². The van der Waals surface area contributed by atoms with Crippen LogP contribution in [0.1, 0.15) is 79.1 Å². The molecule has 0 bridgehead atoms. The van der Waals surface area contributed by atoms with Gasteiger partial charge < -0.3 is 23.8 Å². The van der Waals surface area contributed by atoms with Gasteiger partial charge in [-0.1, -0.05) is 115 Å². The summed E-state index contributed by atoms with van der Waals surface area (Å²) in [6.45, 7) is 10.2. The minimum Gasteiger partial charge on any atom is -0.381 e. The van der Waals surface area contributed by atoms with Crippen LogP contribution < -0.4 is 16.0 Å². The number of halogens is 1. The van der Waals surface area contributed by atoms with Crippen molar-refractivity contribution < 1.29 is 22.2 Å². The highest BCUT2D eigenvalue weighted by atomic mass is 127. The topological polar surface area (TPSA) is 106 Å². The van der Waals surface area contributed by atoms with E-state index in [-0.39, 0.29) is 30.7 Å². The maximum atomic E-state index is 12.5. The van der Waals surface area contributed by atoms with E-state index in [1.165, 1.54) is 0 Å². The molecule has 3 amide bonds. The number of carbonyl (C=O) groups excluding carboxylic acids is 3. The molecule has 0 spiro atoms. The molecular weight excluding hydrogens is 745 g/mol. The van der Waals surface area contributed by atoms with Crippen molar-refractivity contribution in [1.29, 1.82) is 0 Å². The van der Waals surface area contributed by atoms with Crippen molar-refractivity contribution in [2.75, 3.05) is 44.4 Å². The molecule has 0 aromatic heterocycles. The van der Waals surface area contributed by atoms with E-state index in [4.69, 9.17) is 7.80 Å². The van der Waals surface area contributed by atoms with E-state index in [1.807, 2.05) is 32.9 Å². The fraction of sp³-hybridized carbons (Fsp3) is 0.583. The van der Waals surface area contributed by atoms with Gasteiger partial charge in [-0.05, 0) is 45.4 Å². The predicted octanol–water partition coefficient (Wildman–Crippen LogP) is 7.99. The van der Waals surface area contributed by atoms with Gasteiger partial charge in [0.05, 0.1) is 6.61 Å². The van der Waals surface area contributed by atoms with Gasteiger partial charge in [-0.3, -0.25) is 14.4 Å². The van der Waals surface area contributed by atoms with Crippen LogP contribution in [0.3, 0.4) is 0 Å². The highest BCUT2D eigenvalue weighted by Gasteiger charge is 2.36. The number of hydrogen-bond acceptors (Lipinski definition) is 7. The first-order valence-corrected chi connectivity index (χ1v) is 20.0. The Morgan fingerprint density at radius 3 is 1.62 bits per heavy atom. The molecule has 3 N–H and O–H groups in total. The van der Waals surface area contributed by atoms with E-state index in [9.17, 15) is 14.4 Å². The molecule has 0 aliphatic rings. The van der Waals surface area contributed by atoms with Gasteiger partial charge in [0, 0.05) is 56.0 Å². The second kappa shape index (κ2) is 32.7. The number of amides is 3. The van der Waals surface area contributed by atoms with Gasteiger partial charge in [-0.25, -0.2) is 0 Å². The van der Waals surface area contributed by atoms with Crippen LogP contribution in [0.2, 0.25) is 0 Å². The molecule has 0 aromatic rings. The Morgan fingerprint density at radius 2 is 1.15 bits per heavy atom. The lowest BCUT2D eigenvalue weighted by Gasteiger charge is -2.30. The zero-order chi connectivity index (χ0) is 34.9. The van der Waals surface area contributed by atoms with Crippen molar-refractivity contribution in [1.82, 2.24) is 16.0 Å². The summed E-state index contributed by atoms with van der Waals surface area (Å²) in [4.78, 5) is 36.6. The van der Waals surface area contributed by atoms with Gasteiger partial charge in [-0.15, -0.1) is 0 Å². The van der Waals surface area contributed by atoms with Crippen molar-refractivity contribution in [3.63, 3.8) is 0 Å². The van der Waals surface area contributed by atoms with E-state index < -0.39 is 11.5 Å².